The zero-order valence-corrected chi connectivity index (χ0v) is 15.1. The maximum Gasteiger partial charge on any atom is 0.137 e. The number of nitrogens with zero attached hydrogens (tertiary/aromatic N) is 2. The quantitative estimate of drug-likeness (QED) is 0.373. The van der Waals surface area contributed by atoms with Crippen LogP contribution in [0.5, 0.6) is 5.75 Å². The highest BCUT2D eigenvalue weighted by Gasteiger charge is 2.16. The Morgan fingerprint density at radius 1 is 0.704 bits per heavy atom. The Labute approximate surface area is 158 Å². The van der Waals surface area contributed by atoms with Gasteiger partial charge in [-0.1, -0.05) is 24.3 Å². The standard InChI is InChI=1S/C23H14N2OS/c26-14-8-9-15-17-13-22-18(16-5-1-2-6-21(16)27-22)12-20(17)25(19(15)11-14)23-7-3-4-10-24-23/h1-13,26H. The molecule has 0 fully saturated rings. The molecule has 0 saturated heterocycles. The summed E-state index contributed by atoms with van der Waals surface area (Å²) in [6, 6.07) is 24.5. The van der Waals surface area contributed by atoms with Gasteiger partial charge in [0.25, 0.3) is 0 Å². The largest absolute Gasteiger partial charge is 0.508 e. The van der Waals surface area contributed by atoms with Crippen molar-refractivity contribution in [1.29, 1.82) is 0 Å². The number of pyridine rings is 1. The molecule has 6 aromatic rings. The van der Waals surface area contributed by atoms with Crippen molar-refractivity contribution in [1.82, 2.24) is 9.55 Å². The molecule has 3 heterocycles. The van der Waals surface area contributed by atoms with Gasteiger partial charge in [-0.25, -0.2) is 4.98 Å². The second kappa shape index (κ2) is 5.32. The lowest BCUT2D eigenvalue weighted by Crippen LogP contribution is -1.96. The lowest BCUT2D eigenvalue weighted by Gasteiger charge is -2.06. The van der Waals surface area contributed by atoms with Gasteiger partial charge >= 0.3 is 0 Å². The molecule has 3 aromatic heterocycles. The molecule has 3 nitrogen and oxygen atoms in total. The number of fused-ring (bicyclic) bond motifs is 6. The average Bonchev–Trinajstić information content (AvgIpc) is 3.21. The third-order valence-electron chi connectivity index (χ3n) is 5.13. The Morgan fingerprint density at radius 3 is 2.44 bits per heavy atom. The molecular weight excluding hydrogens is 352 g/mol. The second-order valence-electron chi connectivity index (χ2n) is 6.69. The van der Waals surface area contributed by atoms with E-state index in [9.17, 15) is 5.11 Å². The molecule has 27 heavy (non-hydrogen) atoms. The molecule has 0 amide bonds. The number of thiophene rings is 1. The number of aromatic hydroxyl groups is 1. The van der Waals surface area contributed by atoms with Gasteiger partial charge in [0.05, 0.1) is 11.0 Å². The van der Waals surface area contributed by atoms with E-state index in [1.807, 2.05) is 41.7 Å². The molecule has 6 rings (SSSR count). The van der Waals surface area contributed by atoms with E-state index in [-0.39, 0.29) is 5.75 Å². The molecule has 0 aliphatic carbocycles. The number of rotatable bonds is 1. The molecule has 128 valence electrons. The minimum absolute atomic E-state index is 0.259. The number of phenols is 1. The van der Waals surface area contributed by atoms with E-state index in [4.69, 9.17) is 0 Å². The van der Waals surface area contributed by atoms with Gasteiger partial charge in [-0.3, -0.25) is 4.57 Å². The summed E-state index contributed by atoms with van der Waals surface area (Å²) in [6.45, 7) is 0. The molecule has 0 aliphatic heterocycles. The first-order chi connectivity index (χ1) is 13.3. The summed E-state index contributed by atoms with van der Waals surface area (Å²) in [5.41, 5.74) is 2.07. The molecular formula is C23H14N2OS. The van der Waals surface area contributed by atoms with Crippen LogP contribution in [0.4, 0.5) is 0 Å². The minimum Gasteiger partial charge on any atom is -0.508 e. The topological polar surface area (TPSA) is 38.0 Å². The molecule has 0 saturated carbocycles. The minimum atomic E-state index is 0.259. The van der Waals surface area contributed by atoms with E-state index in [0.717, 1.165) is 22.2 Å². The number of aromatic nitrogens is 2. The van der Waals surface area contributed by atoms with Gasteiger partial charge in [0.2, 0.25) is 0 Å². The van der Waals surface area contributed by atoms with Crippen molar-refractivity contribution in [2.75, 3.05) is 0 Å². The van der Waals surface area contributed by atoms with Gasteiger partial charge in [-0.05, 0) is 42.5 Å². The molecule has 0 atom stereocenters. The summed E-state index contributed by atoms with van der Waals surface area (Å²) < 4.78 is 4.71. The number of hydrogen-bond acceptors (Lipinski definition) is 3. The van der Waals surface area contributed by atoms with Crippen molar-refractivity contribution in [3.63, 3.8) is 0 Å². The molecule has 0 spiro atoms. The smallest absolute Gasteiger partial charge is 0.137 e. The maximum absolute atomic E-state index is 10.1. The van der Waals surface area contributed by atoms with Crippen LogP contribution < -0.4 is 0 Å². The predicted octanol–water partition coefficient (Wildman–Crippen LogP) is 6.25. The predicted molar refractivity (Wildman–Crippen MR) is 113 cm³/mol. The first-order valence-corrected chi connectivity index (χ1v) is 9.61. The van der Waals surface area contributed by atoms with E-state index >= 15 is 0 Å². The molecule has 0 radical (unpaired) electrons. The summed E-state index contributed by atoms with van der Waals surface area (Å²) in [7, 11) is 0. The Kier molecular flexibility index (Phi) is 2.91. The van der Waals surface area contributed by atoms with Crippen molar-refractivity contribution in [2.24, 2.45) is 0 Å². The third-order valence-corrected chi connectivity index (χ3v) is 6.26. The van der Waals surface area contributed by atoms with Crippen LogP contribution in [0.1, 0.15) is 0 Å². The van der Waals surface area contributed by atoms with E-state index in [2.05, 4.69) is 45.9 Å². The highest BCUT2D eigenvalue weighted by atomic mass is 32.1. The Hall–Kier alpha value is -3.37. The highest BCUT2D eigenvalue weighted by molar-refractivity contribution is 7.25. The Balaban J connectivity index is 1.86. The fourth-order valence-corrected chi connectivity index (χ4v) is 5.08. The number of benzene rings is 3. The molecule has 0 aliphatic rings. The summed E-state index contributed by atoms with van der Waals surface area (Å²) in [5.74, 6) is 1.11. The summed E-state index contributed by atoms with van der Waals surface area (Å²) in [4.78, 5) is 4.57. The van der Waals surface area contributed by atoms with Crippen molar-refractivity contribution in [2.45, 2.75) is 0 Å². The van der Waals surface area contributed by atoms with Gasteiger partial charge in [-0.15, -0.1) is 11.3 Å². The van der Waals surface area contributed by atoms with Crippen LogP contribution in [-0.2, 0) is 0 Å². The van der Waals surface area contributed by atoms with Crippen molar-refractivity contribution >= 4 is 53.3 Å². The fraction of sp³-hybridized carbons (Fsp3) is 0. The zero-order chi connectivity index (χ0) is 18.0. The first-order valence-electron chi connectivity index (χ1n) is 8.79. The normalized spacial score (nSPS) is 11.9. The van der Waals surface area contributed by atoms with Crippen LogP contribution >= 0.6 is 11.3 Å². The summed E-state index contributed by atoms with van der Waals surface area (Å²) in [6.07, 6.45) is 1.80. The summed E-state index contributed by atoms with van der Waals surface area (Å²) in [5, 5.41) is 14.9. The van der Waals surface area contributed by atoms with Crippen LogP contribution in [-0.4, -0.2) is 14.7 Å². The maximum atomic E-state index is 10.1. The average molecular weight is 366 g/mol. The van der Waals surface area contributed by atoms with Crippen LogP contribution in [0.15, 0.2) is 79.0 Å². The van der Waals surface area contributed by atoms with Gasteiger partial charge in [0, 0.05) is 43.2 Å². The zero-order valence-electron chi connectivity index (χ0n) is 14.3. The van der Waals surface area contributed by atoms with E-state index in [0.29, 0.717) is 0 Å². The Bertz CT molecular complexity index is 1480. The molecule has 1 N–H and O–H groups in total. The first kappa shape index (κ1) is 14.8. The SMILES string of the molecule is Oc1ccc2c3cc4sc5ccccc5c4cc3n(-c3ccccn3)c2c1. The van der Waals surface area contributed by atoms with E-state index in [1.54, 1.807) is 12.3 Å². The number of hydrogen-bond donors (Lipinski definition) is 1. The molecule has 4 heteroatoms. The van der Waals surface area contributed by atoms with Crippen molar-refractivity contribution in [3.8, 4) is 11.6 Å². The lowest BCUT2D eigenvalue weighted by atomic mass is 10.1. The van der Waals surface area contributed by atoms with Gasteiger partial charge in [0.15, 0.2) is 0 Å². The number of phenolic OH excluding ortho intramolecular Hbond substituents is 1. The highest BCUT2D eigenvalue weighted by Crippen LogP contribution is 2.40. The van der Waals surface area contributed by atoms with Crippen LogP contribution in [0.2, 0.25) is 0 Å². The van der Waals surface area contributed by atoms with E-state index < -0.39 is 0 Å². The van der Waals surface area contributed by atoms with Crippen molar-refractivity contribution in [3.05, 3.63) is 79.0 Å². The van der Waals surface area contributed by atoms with Crippen LogP contribution in [0.25, 0.3) is 47.8 Å². The molecule has 0 unspecified atom stereocenters. The third kappa shape index (κ3) is 2.04. The summed E-state index contributed by atoms with van der Waals surface area (Å²) >= 11 is 1.82. The molecule has 3 aromatic carbocycles. The van der Waals surface area contributed by atoms with Crippen molar-refractivity contribution < 1.29 is 5.11 Å². The van der Waals surface area contributed by atoms with Crippen LogP contribution in [0, 0.1) is 0 Å². The van der Waals surface area contributed by atoms with Gasteiger partial charge in [0.1, 0.15) is 11.6 Å². The monoisotopic (exact) mass is 366 g/mol. The second-order valence-corrected chi connectivity index (χ2v) is 7.77. The van der Waals surface area contributed by atoms with Crippen LogP contribution in [0.3, 0.4) is 0 Å². The molecule has 0 bridgehead atoms. The van der Waals surface area contributed by atoms with Gasteiger partial charge < -0.3 is 5.11 Å². The van der Waals surface area contributed by atoms with Gasteiger partial charge in [-0.2, -0.15) is 0 Å². The fourth-order valence-electron chi connectivity index (χ4n) is 3.96. The lowest BCUT2D eigenvalue weighted by molar-refractivity contribution is 0.476. The van der Waals surface area contributed by atoms with E-state index in [1.165, 1.54) is 25.6 Å². The Morgan fingerprint density at radius 2 is 1.56 bits per heavy atom.